The standard InChI is InChI=1S/C16H22N2O2/c1-16(2,3)20-9-8-19-15-13(11-17)10-12-6-4-5-7-14(12)18-15/h4-7,10H,8-9,11,17H2,1-3H3. The molecule has 0 aliphatic heterocycles. The van der Waals surface area contributed by atoms with Crippen LogP contribution in [0.3, 0.4) is 0 Å². The molecule has 0 atom stereocenters. The van der Waals surface area contributed by atoms with Gasteiger partial charge in [0.2, 0.25) is 5.88 Å². The lowest BCUT2D eigenvalue weighted by Gasteiger charge is -2.19. The van der Waals surface area contributed by atoms with Gasteiger partial charge >= 0.3 is 0 Å². The van der Waals surface area contributed by atoms with Crippen LogP contribution in [0.1, 0.15) is 26.3 Å². The molecular formula is C16H22N2O2. The van der Waals surface area contributed by atoms with Gasteiger partial charge in [-0.25, -0.2) is 4.98 Å². The van der Waals surface area contributed by atoms with Crippen molar-refractivity contribution < 1.29 is 9.47 Å². The number of pyridine rings is 1. The average Bonchev–Trinajstić information content (AvgIpc) is 2.41. The number of nitrogens with two attached hydrogens (primary N) is 1. The molecule has 20 heavy (non-hydrogen) atoms. The Balaban J connectivity index is 2.08. The lowest BCUT2D eigenvalue weighted by molar-refractivity contribution is -0.0168. The lowest BCUT2D eigenvalue weighted by Crippen LogP contribution is -2.22. The van der Waals surface area contributed by atoms with Gasteiger partial charge in [-0.05, 0) is 32.9 Å². The first-order valence-corrected chi connectivity index (χ1v) is 6.85. The zero-order chi connectivity index (χ0) is 14.6. The molecule has 0 aliphatic carbocycles. The van der Waals surface area contributed by atoms with Crippen LogP contribution in [0.25, 0.3) is 10.9 Å². The third-order valence-corrected chi connectivity index (χ3v) is 2.84. The SMILES string of the molecule is CC(C)(C)OCCOc1nc2ccccc2cc1CN. The van der Waals surface area contributed by atoms with Gasteiger partial charge in [-0.15, -0.1) is 0 Å². The third-order valence-electron chi connectivity index (χ3n) is 2.84. The first kappa shape index (κ1) is 14.8. The highest BCUT2D eigenvalue weighted by Crippen LogP contribution is 2.22. The first-order chi connectivity index (χ1) is 9.49. The van der Waals surface area contributed by atoms with Gasteiger partial charge < -0.3 is 15.2 Å². The summed E-state index contributed by atoms with van der Waals surface area (Å²) in [5, 5.41) is 1.08. The molecule has 4 nitrogen and oxygen atoms in total. The highest BCUT2D eigenvalue weighted by Gasteiger charge is 2.11. The van der Waals surface area contributed by atoms with Gasteiger partial charge in [0, 0.05) is 17.5 Å². The highest BCUT2D eigenvalue weighted by molar-refractivity contribution is 5.80. The van der Waals surface area contributed by atoms with Crippen LogP contribution in [-0.2, 0) is 11.3 Å². The normalized spacial score (nSPS) is 11.8. The van der Waals surface area contributed by atoms with E-state index in [0.29, 0.717) is 25.6 Å². The van der Waals surface area contributed by atoms with Crippen molar-refractivity contribution in [3.8, 4) is 5.88 Å². The van der Waals surface area contributed by atoms with Crippen LogP contribution in [-0.4, -0.2) is 23.8 Å². The molecule has 0 amide bonds. The number of fused-ring (bicyclic) bond motifs is 1. The number of ether oxygens (including phenoxy) is 2. The molecule has 0 radical (unpaired) electrons. The van der Waals surface area contributed by atoms with E-state index in [1.807, 2.05) is 51.1 Å². The fraction of sp³-hybridized carbons (Fsp3) is 0.438. The van der Waals surface area contributed by atoms with Gasteiger partial charge in [0.1, 0.15) is 6.61 Å². The van der Waals surface area contributed by atoms with Crippen LogP contribution in [0.15, 0.2) is 30.3 Å². The number of nitrogens with zero attached hydrogens (tertiary/aromatic N) is 1. The summed E-state index contributed by atoms with van der Waals surface area (Å²) in [6.07, 6.45) is 0. The molecule has 2 rings (SSSR count). The largest absolute Gasteiger partial charge is 0.475 e. The predicted molar refractivity (Wildman–Crippen MR) is 80.8 cm³/mol. The van der Waals surface area contributed by atoms with Crippen molar-refractivity contribution in [2.75, 3.05) is 13.2 Å². The maximum Gasteiger partial charge on any atom is 0.218 e. The number of benzene rings is 1. The average molecular weight is 274 g/mol. The second kappa shape index (κ2) is 6.20. The molecule has 2 N–H and O–H groups in total. The monoisotopic (exact) mass is 274 g/mol. The van der Waals surface area contributed by atoms with Crippen molar-refractivity contribution in [1.82, 2.24) is 4.98 Å². The number of aromatic nitrogens is 1. The van der Waals surface area contributed by atoms with Crippen LogP contribution < -0.4 is 10.5 Å². The molecule has 4 heteroatoms. The molecule has 0 fully saturated rings. The molecule has 0 aliphatic rings. The molecule has 108 valence electrons. The summed E-state index contributed by atoms with van der Waals surface area (Å²) in [5.41, 5.74) is 7.44. The molecule has 2 aromatic rings. The van der Waals surface area contributed by atoms with Crippen molar-refractivity contribution in [3.05, 3.63) is 35.9 Å². The van der Waals surface area contributed by atoms with E-state index in [1.165, 1.54) is 0 Å². The fourth-order valence-electron chi connectivity index (χ4n) is 1.90. The molecule has 1 heterocycles. The van der Waals surface area contributed by atoms with E-state index in [4.69, 9.17) is 15.2 Å². The van der Waals surface area contributed by atoms with Crippen molar-refractivity contribution in [2.24, 2.45) is 5.73 Å². The smallest absolute Gasteiger partial charge is 0.218 e. The molecule has 0 saturated heterocycles. The van der Waals surface area contributed by atoms with Gasteiger partial charge in [-0.2, -0.15) is 0 Å². The van der Waals surface area contributed by atoms with E-state index in [-0.39, 0.29) is 5.60 Å². The van der Waals surface area contributed by atoms with Gasteiger partial charge in [-0.3, -0.25) is 0 Å². The van der Waals surface area contributed by atoms with Crippen molar-refractivity contribution in [1.29, 1.82) is 0 Å². The molecular weight excluding hydrogens is 252 g/mol. The Morgan fingerprint density at radius 2 is 1.90 bits per heavy atom. The fourth-order valence-corrected chi connectivity index (χ4v) is 1.90. The summed E-state index contributed by atoms with van der Waals surface area (Å²) >= 11 is 0. The van der Waals surface area contributed by atoms with E-state index in [9.17, 15) is 0 Å². The quantitative estimate of drug-likeness (QED) is 0.852. The lowest BCUT2D eigenvalue weighted by atomic mass is 10.1. The van der Waals surface area contributed by atoms with Gasteiger partial charge in [0.25, 0.3) is 0 Å². The number of para-hydroxylation sites is 1. The predicted octanol–water partition coefficient (Wildman–Crippen LogP) is 2.89. The van der Waals surface area contributed by atoms with Crippen molar-refractivity contribution in [2.45, 2.75) is 32.9 Å². The Bertz CT molecular complexity index is 576. The summed E-state index contributed by atoms with van der Waals surface area (Å²) in [4.78, 5) is 4.52. The van der Waals surface area contributed by atoms with E-state index in [2.05, 4.69) is 4.98 Å². The summed E-state index contributed by atoms with van der Waals surface area (Å²) in [5.74, 6) is 0.601. The van der Waals surface area contributed by atoms with Crippen LogP contribution in [0.2, 0.25) is 0 Å². The van der Waals surface area contributed by atoms with E-state index in [0.717, 1.165) is 16.5 Å². The molecule has 1 aromatic carbocycles. The Morgan fingerprint density at radius 1 is 1.15 bits per heavy atom. The summed E-state index contributed by atoms with van der Waals surface area (Å²) in [7, 11) is 0. The van der Waals surface area contributed by atoms with Crippen LogP contribution in [0.5, 0.6) is 5.88 Å². The molecule has 0 spiro atoms. The van der Waals surface area contributed by atoms with Gasteiger partial charge in [0.05, 0.1) is 17.7 Å². The molecule has 0 unspecified atom stereocenters. The van der Waals surface area contributed by atoms with Gasteiger partial charge in [-0.1, -0.05) is 18.2 Å². The molecule has 1 aromatic heterocycles. The highest BCUT2D eigenvalue weighted by atomic mass is 16.5. The summed E-state index contributed by atoms with van der Waals surface area (Å²) in [6.45, 7) is 7.47. The molecule has 0 saturated carbocycles. The Kier molecular flexibility index (Phi) is 4.57. The zero-order valence-electron chi connectivity index (χ0n) is 12.3. The Hall–Kier alpha value is -1.65. The number of hydrogen-bond acceptors (Lipinski definition) is 4. The first-order valence-electron chi connectivity index (χ1n) is 6.85. The Morgan fingerprint density at radius 3 is 2.60 bits per heavy atom. The van der Waals surface area contributed by atoms with Crippen LogP contribution >= 0.6 is 0 Å². The van der Waals surface area contributed by atoms with Gasteiger partial charge in [0.15, 0.2) is 0 Å². The zero-order valence-corrected chi connectivity index (χ0v) is 12.3. The topological polar surface area (TPSA) is 57.4 Å². The Labute approximate surface area is 119 Å². The second-order valence-corrected chi connectivity index (χ2v) is 5.66. The van der Waals surface area contributed by atoms with E-state index < -0.39 is 0 Å². The van der Waals surface area contributed by atoms with E-state index >= 15 is 0 Å². The van der Waals surface area contributed by atoms with Crippen LogP contribution in [0, 0.1) is 0 Å². The maximum absolute atomic E-state index is 5.76. The summed E-state index contributed by atoms with van der Waals surface area (Å²) in [6, 6.07) is 9.97. The van der Waals surface area contributed by atoms with Crippen LogP contribution in [0.4, 0.5) is 0 Å². The minimum Gasteiger partial charge on any atom is -0.475 e. The minimum absolute atomic E-state index is 0.156. The van der Waals surface area contributed by atoms with Crippen molar-refractivity contribution >= 4 is 10.9 Å². The summed E-state index contributed by atoms with van der Waals surface area (Å²) < 4.78 is 11.3. The second-order valence-electron chi connectivity index (χ2n) is 5.66. The third kappa shape index (κ3) is 3.92. The molecule has 0 bridgehead atoms. The number of rotatable bonds is 5. The maximum atomic E-state index is 5.76. The minimum atomic E-state index is -0.156. The van der Waals surface area contributed by atoms with Crippen molar-refractivity contribution in [3.63, 3.8) is 0 Å². The number of hydrogen-bond donors (Lipinski definition) is 1. The van der Waals surface area contributed by atoms with E-state index in [1.54, 1.807) is 0 Å².